The van der Waals surface area contributed by atoms with Crippen molar-refractivity contribution in [2.45, 2.75) is 76.3 Å². The lowest BCUT2D eigenvalue weighted by Crippen LogP contribution is -2.61. The Hall–Kier alpha value is -0.810. The molecule has 2 unspecified atom stereocenters. The van der Waals surface area contributed by atoms with Crippen LogP contribution >= 0.6 is 0 Å². The molecule has 20 heavy (non-hydrogen) atoms. The molecule has 2 fully saturated rings. The van der Waals surface area contributed by atoms with Gasteiger partial charge in [-0.15, -0.1) is 0 Å². The van der Waals surface area contributed by atoms with Crippen LogP contribution in [0.4, 0.5) is 4.79 Å². The van der Waals surface area contributed by atoms with Crippen molar-refractivity contribution in [3.63, 3.8) is 0 Å². The normalized spacial score (nSPS) is 29.9. The molecule has 0 aliphatic carbocycles. The maximum atomic E-state index is 12.6. The molecule has 0 N–H and O–H groups in total. The Morgan fingerprint density at radius 1 is 1.20 bits per heavy atom. The molecule has 116 valence electrons. The van der Waals surface area contributed by atoms with Gasteiger partial charge in [-0.2, -0.15) is 0 Å². The van der Waals surface area contributed by atoms with Gasteiger partial charge in [0.25, 0.3) is 0 Å². The molecule has 2 heterocycles. The van der Waals surface area contributed by atoms with E-state index in [2.05, 4.69) is 0 Å². The average molecular weight is 285 g/mol. The summed E-state index contributed by atoms with van der Waals surface area (Å²) in [5, 5.41) is 0. The third-order valence-corrected chi connectivity index (χ3v) is 4.36. The SMILES string of the molecule is COC(OC)C12CCCC(CC1)N2C(=O)OC(C)(C)C. The maximum absolute atomic E-state index is 12.6. The van der Waals surface area contributed by atoms with Crippen molar-refractivity contribution in [1.82, 2.24) is 4.90 Å². The minimum atomic E-state index is -0.481. The van der Waals surface area contributed by atoms with E-state index in [0.29, 0.717) is 0 Å². The Labute approximate surface area is 121 Å². The first-order valence-electron chi connectivity index (χ1n) is 7.42. The van der Waals surface area contributed by atoms with E-state index in [-0.39, 0.29) is 24.0 Å². The number of fused-ring (bicyclic) bond motifs is 2. The van der Waals surface area contributed by atoms with Crippen molar-refractivity contribution >= 4 is 6.09 Å². The summed E-state index contributed by atoms with van der Waals surface area (Å²) in [6.45, 7) is 5.69. The van der Waals surface area contributed by atoms with Crippen LogP contribution in [0, 0.1) is 0 Å². The zero-order valence-corrected chi connectivity index (χ0v) is 13.3. The lowest BCUT2D eigenvalue weighted by Gasteiger charge is -2.47. The maximum Gasteiger partial charge on any atom is 0.411 e. The van der Waals surface area contributed by atoms with Gasteiger partial charge in [0.2, 0.25) is 0 Å². The second-order valence-electron chi connectivity index (χ2n) is 6.84. The Balaban J connectivity index is 2.26. The van der Waals surface area contributed by atoms with Crippen LogP contribution in [0.25, 0.3) is 0 Å². The zero-order chi connectivity index (χ0) is 15.0. The molecular weight excluding hydrogens is 258 g/mol. The molecule has 2 aliphatic rings. The highest BCUT2D eigenvalue weighted by molar-refractivity contribution is 5.70. The third-order valence-electron chi connectivity index (χ3n) is 4.36. The Bertz CT molecular complexity index is 357. The monoisotopic (exact) mass is 285 g/mol. The summed E-state index contributed by atoms with van der Waals surface area (Å²) < 4.78 is 16.6. The summed E-state index contributed by atoms with van der Waals surface area (Å²) >= 11 is 0. The van der Waals surface area contributed by atoms with Gasteiger partial charge in [-0.25, -0.2) is 4.79 Å². The number of ether oxygens (including phenoxy) is 3. The minimum absolute atomic E-state index is 0.237. The fraction of sp³-hybridized carbons (Fsp3) is 0.933. The Kier molecular flexibility index (Phi) is 4.30. The van der Waals surface area contributed by atoms with Crippen LogP contribution in [0.1, 0.15) is 52.9 Å². The van der Waals surface area contributed by atoms with Crippen LogP contribution in [0.5, 0.6) is 0 Å². The zero-order valence-electron chi connectivity index (χ0n) is 13.3. The molecule has 0 radical (unpaired) electrons. The summed E-state index contributed by atoms with van der Waals surface area (Å²) in [7, 11) is 3.27. The number of hydrogen-bond donors (Lipinski definition) is 0. The van der Waals surface area contributed by atoms with E-state index >= 15 is 0 Å². The second-order valence-corrected chi connectivity index (χ2v) is 6.84. The highest BCUT2D eigenvalue weighted by Gasteiger charge is 2.57. The summed E-state index contributed by atoms with van der Waals surface area (Å²) in [6, 6.07) is 0.256. The van der Waals surface area contributed by atoms with E-state index in [1.54, 1.807) is 14.2 Å². The summed E-state index contributed by atoms with van der Waals surface area (Å²) in [4.78, 5) is 14.5. The van der Waals surface area contributed by atoms with Gasteiger partial charge in [-0.3, -0.25) is 4.90 Å². The van der Waals surface area contributed by atoms with Crippen molar-refractivity contribution in [1.29, 1.82) is 0 Å². The van der Waals surface area contributed by atoms with Gasteiger partial charge < -0.3 is 14.2 Å². The predicted octanol–water partition coefficient (Wildman–Crippen LogP) is 2.93. The molecule has 2 bridgehead atoms. The van der Waals surface area contributed by atoms with E-state index in [1.165, 1.54) is 0 Å². The molecule has 2 atom stereocenters. The molecule has 1 amide bonds. The van der Waals surface area contributed by atoms with Crippen molar-refractivity contribution in [3.05, 3.63) is 0 Å². The van der Waals surface area contributed by atoms with Crippen LogP contribution in [0.2, 0.25) is 0 Å². The summed E-state index contributed by atoms with van der Waals surface area (Å²) in [6.07, 6.45) is 4.36. The van der Waals surface area contributed by atoms with Crippen LogP contribution in [0.15, 0.2) is 0 Å². The highest BCUT2D eigenvalue weighted by Crippen LogP contribution is 2.47. The first-order valence-corrected chi connectivity index (χ1v) is 7.42. The molecule has 2 rings (SSSR count). The minimum Gasteiger partial charge on any atom is -0.444 e. The van der Waals surface area contributed by atoms with Crippen molar-refractivity contribution in [2.75, 3.05) is 14.2 Å². The number of carbonyl (C=O) groups is 1. The van der Waals surface area contributed by atoms with Crippen LogP contribution < -0.4 is 0 Å². The van der Waals surface area contributed by atoms with Gasteiger partial charge in [-0.1, -0.05) is 0 Å². The third kappa shape index (κ3) is 2.66. The lowest BCUT2D eigenvalue weighted by atomic mass is 9.87. The average Bonchev–Trinajstić information content (AvgIpc) is 2.57. The molecule has 0 saturated carbocycles. The fourth-order valence-electron chi connectivity index (χ4n) is 3.72. The standard InChI is InChI=1S/C15H27NO4/c1-14(2,3)20-13(17)16-11-7-6-9-15(16,10-8-11)12(18-4)19-5/h11-12H,6-10H2,1-5H3. The van der Waals surface area contributed by atoms with Gasteiger partial charge in [0.15, 0.2) is 6.29 Å². The predicted molar refractivity (Wildman–Crippen MR) is 75.5 cm³/mol. The number of methoxy groups -OCH3 is 2. The molecule has 2 saturated heterocycles. The smallest absolute Gasteiger partial charge is 0.411 e. The van der Waals surface area contributed by atoms with E-state index in [4.69, 9.17) is 14.2 Å². The molecule has 2 aliphatic heterocycles. The van der Waals surface area contributed by atoms with Gasteiger partial charge in [0.1, 0.15) is 5.60 Å². The molecule has 0 aromatic heterocycles. The van der Waals surface area contributed by atoms with Crippen LogP contribution in [-0.2, 0) is 14.2 Å². The van der Waals surface area contributed by atoms with Gasteiger partial charge in [-0.05, 0) is 52.9 Å². The number of carbonyl (C=O) groups excluding carboxylic acids is 1. The fourth-order valence-corrected chi connectivity index (χ4v) is 3.72. The topological polar surface area (TPSA) is 48.0 Å². The van der Waals surface area contributed by atoms with E-state index < -0.39 is 5.60 Å². The number of nitrogens with zero attached hydrogens (tertiary/aromatic N) is 1. The first-order chi connectivity index (χ1) is 9.34. The van der Waals surface area contributed by atoms with Crippen LogP contribution in [0.3, 0.4) is 0 Å². The largest absolute Gasteiger partial charge is 0.444 e. The van der Waals surface area contributed by atoms with E-state index in [0.717, 1.165) is 32.1 Å². The van der Waals surface area contributed by atoms with Gasteiger partial charge >= 0.3 is 6.09 Å². The number of hydrogen-bond acceptors (Lipinski definition) is 4. The summed E-state index contributed by atoms with van der Waals surface area (Å²) in [5.41, 5.74) is -0.848. The molecule has 0 aromatic carbocycles. The quantitative estimate of drug-likeness (QED) is 0.748. The van der Waals surface area contributed by atoms with E-state index in [1.807, 2.05) is 25.7 Å². The number of amides is 1. The van der Waals surface area contributed by atoms with Gasteiger partial charge in [0, 0.05) is 20.3 Å². The number of rotatable bonds is 3. The number of piperidine rings is 1. The van der Waals surface area contributed by atoms with Crippen molar-refractivity contribution < 1.29 is 19.0 Å². The van der Waals surface area contributed by atoms with Crippen molar-refractivity contribution in [2.24, 2.45) is 0 Å². The van der Waals surface area contributed by atoms with Gasteiger partial charge in [0.05, 0.1) is 5.54 Å². The first kappa shape index (κ1) is 15.6. The Morgan fingerprint density at radius 2 is 1.85 bits per heavy atom. The van der Waals surface area contributed by atoms with Crippen molar-refractivity contribution in [3.8, 4) is 0 Å². The molecule has 5 heteroatoms. The molecule has 0 spiro atoms. The lowest BCUT2D eigenvalue weighted by molar-refractivity contribution is -0.188. The second kappa shape index (κ2) is 5.53. The highest BCUT2D eigenvalue weighted by atomic mass is 16.7. The Morgan fingerprint density at radius 3 is 2.40 bits per heavy atom. The molecular formula is C15H27NO4. The summed E-state index contributed by atoms with van der Waals surface area (Å²) in [5.74, 6) is 0. The molecule has 5 nitrogen and oxygen atoms in total. The molecule has 0 aromatic rings. The van der Waals surface area contributed by atoms with E-state index in [9.17, 15) is 4.79 Å². The van der Waals surface area contributed by atoms with Crippen LogP contribution in [-0.4, -0.2) is 48.7 Å².